The Morgan fingerprint density at radius 3 is 1.13 bits per heavy atom. The van der Waals surface area contributed by atoms with Crippen molar-refractivity contribution >= 4 is 65.7 Å². The first-order chi connectivity index (χ1) is 6.21. The summed E-state index contributed by atoms with van der Waals surface area (Å²) in [6, 6.07) is 0. The van der Waals surface area contributed by atoms with Gasteiger partial charge in [0, 0.05) is 0 Å². The van der Waals surface area contributed by atoms with Gasteiger partial charge in [-0.1, -0.05) is 12.8 Å². The molecule has 0 amide bonds. The van der Waals surface area contributed by atoms with Crippen LogP contribution in [0.25, 0.3) is 0 Å². The summed E-state index contributed by atoms with van der Waals surface area (Å²) in [5.74, 6) is -0.613. The molecule has 0 atom stereocenters. The summed E-state index contributed by atoms with van der Waals surface area (Å²) in [7, 11) is -7.81. The van der Waals surface area contributed by atoms with Gasteiger partial charge in [0.15, 0.2) is 0 Å². The standard InChI is InChI=1S/C6H14O6S2.Sr.2H/c7-13(8,9)5-3-1-2-4-6-14(10,11)12;;;/h1-6H2,(H,7,8,9)(H,10,11,12);;;. The van der Waals surface area contributed by atoms with Gasteiger partial charge >= 0.3 is 45.5 Å². The average molecular weight is 336 g/mol. The fraction of sp³-hybridized carbons (Fsp3) is 1.00. The van der Waals surface area contributed by atoms with Crippen molar-refractivity contribution in [2.45, 2.75) is 25.7 Å². The Morgan fingerprint density at radius 1 is 0.667 bits per heavy atom. The molecule has 90 valence electrons. The summed E-state index contributed by atoms with van der Waals surface area (Å²) in [5, 5.41) is 0. The van der Waals surface area contributed by atoms with Crippen LogP contribution in [-0.2, 0) is 20.2 Å². The molecule has 0 saturated carbocycles. The van der Waals surface area contributed by atoms with Crippen LogP contribution in [0.4, 0.5) is 0 Å². The molecule has 0 heterocycles. The van der Waals surface area contributed by atoms with Crippen LogP contribution in [0.1, 0.15) is 25.7 Å². The van der Waals surface area contributed by atoms with Crippen LogP contribution >= 0.6 is 0 Å². The Labute approximate surface area is 127 Å². The molecule has 15 heavy (non-hydrogen) atoms. The van der Waals surface area contributed by atoms with Crippen molar-refractivity contribution in [3.05, 3.63) is 0 Å². The van der Waals surface area contributed by atoms with E-state index in [9.17, 15) is 16.8 Å². The van der Waals surface area contributed by atoms with Crippen molar-refractivity contribution in [2.75, 3.05) is 11.5 Å². The molecule has 0 rings (SSSR count). The van der Waals surface area contributed by atoms with Crippen molar-refractivity contribution < 1.29 is 25.9 Å². The minimum atomic E-state index is -3.91. The number of hydrogen-bond donors (Lipinski definition) is 2. The number of hydrogen-bond acceptors (Lipinski definition) is 4. The molecule has 6 nitrogen and oxygen atoms in total. The quantitative estimate of drug-likeness (QED) is 0.365. The van der Waals surface area contributed by atoms with Crippen LogP contribution in [0.15, 0.2) is 0 Å². The van der Waals surface area contributed by atoms with E-state index in [1.54, 1.807) is 0 Å². The molecule has 0 bridgehead atoms. The normalized spacial score (nSPS) is 12.1. The topological polar surface area (TPSA) is 109 Å². The third kappa shape index (κ3) is 17.9. The molecule has 0 unspecified atom stereocenters. The molecule has 0 fully saturated rings. The average Bonchev–Trinajstić information content (AvgIpc) is 1.92. The Hall–Kier alpha value is 1.30. The Kier molecular flexibility index (Phi) is 10.4. The second-order valence-electron chi connectivity index (χ2n) is 2.99. The third-order valence-corrected chi connectivity index (χ3v) is 3.16. The second-order valence-corrected chi connectivity index (χ2v) is 6.13. The van der Waals surface area contributed by atoms with Crippen molar-refractivity contribution in [2.24, 2.45) is 0 Å². The summed E-state index contributed by atoms with van der Waals surface area (Å²) in [6.45, 7) is 0. The summed E-state index contributed by atoms with van der Waals surface area (Å²) in [4.78, 5) is 0. The zero-order valence-corrected chi connectivity index (χ0v) is 9.22. The van der Waals surface area contributed by atoms with Crippen LogP contribution in [0.2, 0.25) is 0 Å². The summed E-state index contributed by atoms with van der Waals surface area (Å²) in [5.41, 5.74) is 0. The van der Waals surface area contributed by atoms with E-state index < -0.39 is 20.2 Å². The first-order valence-electron chi connectivity index (χ1n) is 4.11. The molecular weight excluding hydrogens is 320 g/mol. The monoisotopic (exact) mass is 336 g/mol. The van der Waals surface area contributed by atoms with E-state index in [4.69, 9.17) is 9.11 Å². The molecule has 0 aromatic rings. The number of unbranched alkanes of at least 4 members (excludes halogenated alkanes) is 3. The summed E-state index contributed by atoms with van der Waals surface area (Å²) < 4.78 is 57.7. The van der Waals surface area contributed by atoms with Gasteiger partial charge in [-0.3, -0.25) is 9.11 Å². The van der Waals surface area contributed by atoms with Crippen LogP contribution < -0.4 is 0 Å². The van der Waals surface area contributed by atoms with E-state index in [1.165, 1.54) is 0 Å². The molecular formula is C6H16O6S2Sr. The molecule has 0 aromatic heterocycles. The first kappa shape index (κ1) is 18.7. The molecule has 0 saturated heterocycles. The van der Waals surface area contributed by atoms with Gasteiger partial charge in [-0.2, -0.15) is 16.8 Å². The van der Waals surface area contributed by atoms with Gasteiger partial charge in [-0.25, -0.2) is 0 Å². The predicted octanol–water partition coefficient (Wildman–Crippen LogP) is -0.594. The van der Waals surface area contributed by atoms with E-state index in [-0.39, 0.29) is 57.0 Å². The third-order valence-electron chi connectivity index (χ3n) is 1.55. The molecule has 0 aliphatic rings. The van der Waals surface area contributed by atoms with Gasteiger partial charge < -0.3 is 0 Å². The van der Waals surface area contributed by atoms with E-state index in [0.717, 1.165) is 0 Å². The zero-order chi connectivity index (χ0) is 11.2. The van der Waals surface area contributed by atoms with Crippen molar-refractivity contribution in [1.82, 2.24) is 0 Å². The molecule has 0 radical (unpaired) electrons. The minimum absolute atomic E-state index is 0. The maximum atomic E-state index is 10.2. The molecule has 0 aliphatic carbocycles. The Morgan fingerprint density at radius 2 is 0.933 bits per heavy atom. The van der Waals surface area contributed by atoms with Crippen molar-refractivity contribution in [3.63, 3.8) is 0 Å². The van der Waals surface area contributed by atoms with E-state index >= 15 is 0 Å². The van der Waals surface area contributed by atoms with Gasteiger partial charge in [0.2, 0.25) is 0 Å². The van der Waals surface area contributed by atoms with E-state index in [2.05, 4.69) is 0 Å². The molecule has 0 spiro atoms. The summed E-state index contributed by atoms with van der Waals surface area (Å²) >= 11 is 0. The van der Waals surface area contributed by atoms with Crippen molar-refractivity contribution in [3.8, 4) is 0 Å². The SMILES string of the molecule is O=S(=O)(O)CCCCCCS(=O)(=O)O.[SrH2]. The fourth-order valence-corrected chi connectivity index (χ4v) is 2.06. The maximum absolute atomic E-state index is 10.2. The van der Waals surface area contributed by atoms with Gasteiger partial charge in [0.1, 0.15) is 0 Å². The van der Waals surface area contributed by atoms with Gasteiger partial charge in [-0.05, 0) is 12.8 Å². The number of rotatable bonds is 7. The van der Waals surface area contributed by atoms with Gasteiger partial charge in [-0.15, -0.1) is 0 Å². The Balaban J connectivity index is 0. The molecule has 9 heteroatoms. The molecule has 0 aliphatic heterocycles. The molecule has 0 aromatic carbocycles. The fourth-order valence-electron chi connectivity index (χ4n) is 0.922. The first-order valence-corrected chi connectivity index (χ1v) is 7.33. The zero-order valence-electron chi connectivity index (χ0n) is 7.59. The second kappa shape index (κ2) is 8.40. The predicted molar refractivity (Wildman–Crippen MR) is 59.8 cm³/mol. The van der Waals surface area contributed by atoms with E-state index in [1.807, 2.05) is 0 Å². The van der Waals surface area contributed by atoms with Gasteiger partial charge in [0.05, 0.1) is 11.5 Å². The van der Waals surface area contributed by atoms with Crippen molar-refractivity contribution in [1.29, 1.82) is 0 Å². The summed E-state index contributed by atoms with van der Waals surface area (Å²) in [6.07, 6.45) is 1.61. The van der Waals surface area contributed by atoms with Crippen LogP contribution in [0.3, 0.4) is 0 Å². The van der Waals surface area contributed by atoms with Crippen LogP contribution in [-0.4, -0.2) is 82.9 Å². The van der Waals surface area contributed by atoms with Crippen LogP contribution in [0, 0.1) is 0 Å². The van der Waals surface area contributed by atoms with E-state index in [0.29, 0.717) is 25.7 Å². The Bertz CT molecular complexity index is 310. The van der Waals surface area contributed by atoms with Gasteiger partial charge in [0.25, 0.3) is 20.2 Å². The molecule has 2 N–H and O–H groups in total. The van der Waals surface area contributed by atoms with Crippen LogP contribution in [0.5, 0.6) is 0 Å².